The molecule has 0 aliphatic carbocycles. The molecule has 1 aromatic heterocycles. The number of nitrogens with zero attached hydrogens (tertiary/aromatic N) is 3. The summed E-state index contributed by atoms with van der Waals surface area (Å²) < 4.78 is 18.3. The number of aromatic nitrogens is 2. The lowest BCUT2D eigenvalue weighted by Crippen LogP contribution is -2.35. The lowest BCUT2D eigenvalue weighted by atomic mass is 10.0. The first-order chi connectivity index (χ1) is 16.2. The minimum Gasteiger partial charge on any atom is -0.493 e. The Morgan fingerprint density at radius 1 is 1.00 bits per heavy atom. The molecule has 6 rings (SSSR count). The van der Waals surface area contributed by atoms with Gasteiger partial charge in [-0.25, -0.2) is 4.68 Å². The van der Waals surface area contributed by atoms with E-state index in [1.54, 1.807) is 24.4 Å². The van der Waals surface area contributed by atoms with Crippen LogP contribution in [0.1, 0.15) is 40.4 Å². The minimum atomic E-state index is -0.187. The molecule has 0 spiro atoms. The number of carbonyl (C=O) groups is 1. The van der Waals surface area contributed by atoms with Gasteiger partial charge in [-0.2, -0.15) is 5.10 Å². The van der Waals surface area contributed by atoms with Gasteiger partial charge < -0.3 is 19.5 Å². The van der Waals surface area contributed by atoms with Crippen LogP contribution in [0.15, 0.2) is 48.7 Å². The van der Waals surface area contributed by atoms with Gasteiger partial charge in [-0.3, -0.25) is 9.69 Å². The van der Waals surface area contributed by atoms with Crippen LogP contribution < -0.4 is 19.5 Å². The molecular formula is C25H26N4O4. The van der Waals surface area contributed by atoms with E-state index in [1.807, 2.05) is 10.7 Å². The fourth-order valence-electron chi connectivity index (χ4n) is 4.85. The number of likely N-dealkylation sites (tertiary alicyclic amines) is 1. The second-order valence-corrected chi connectivity index (χ2v) is 8.73. The largest absolute Gasteiger partial charge is 0.493 e. The highest BCUT2D eigenvalue weighted by Gasteiger charge is 2.24. The van der Waals surface area contributed by atoms with E-state index in [2.05, 4.69) is 33.5 Å². The molecule has 0 radical (unpaired) electrons. The Labute approximate surface area is 192 Å². The summed E-state index contributed by atoms with van der Waals surface area (Å²) in [5.41, 5.74) is 3.19. The first-order valence-corrected chi connectivity index (χ1v) is 11.4. The Hall–Kier alpha value is -3.52. The number of anilines is 1. The van der Waals surface area contributed by atoms with Crippen molar-refractivity contribution in [2.75, 3.05) is 31.8 Å². The van der Waals surface area contributed by atoms with Crippen LogP contribution in [-0.4, -0.2) is 47.1 Å². The molecule has 1 amide bonds. The number of rotatable bonds is 5. The Morgan fingerprint density at radius 2 is 1.85 bits per heavy atom. The van der Waals surface area contributed by atoms with Crippen LogP contribution in [0.3, 0.4) is 0 Å². The number of nitrogens with one attached hydrogen (secondary N) is 1. The van der Waals surface area contributed by atoms with E-state index in [9.17, 15) is 4.79 Å². The average Bonchev–Trinajstić information content (AvgIpc) is 3.59. The number of ether oxygens (including phenoxy) is 3. The van der Waals surface area contributed by atoms with Crippen LogP contribution in [0, 0.1) is 0 Å². The van der Waals surface area contributed by atoms with Gasteiger partial charge in [0.15, 0.2) is 11.5 Å². The number of hydrogen-bond acceptors (Lipinski definition) is 6. The maximum absolute atomic E-state index is 12.8. The average molecular weight is 447 g/mol. The molecule has 170 valence electrons. The predicted octanol–water partition coefficient (Wildman–Crippen LogP) is 3.64. The number of benzene rings is 2. The number of amides is 1. The summed E-state index contributed by atoms with van der Waals surface area (Å²) in [6.45, 7) is 3.92. The van der Waals surface area contributed by atoms with E-state index in [-0.39, 0.29) is 18.7 Å². The molecule has 3 aromatic rings. The summed E-state index contributed by atoms with van der Waals surface area (Å²) >= 11 is 0. The first kappa shape index (κ1) is 20.1. The summed E-state index contributed by atoms with van der Waals surface area (Å²) in [6.07, 6.45) is 4.73. The lowest BCUT2D eigenvalue weighted by molar-refractivity contribution is 0.102. The summed E-state index contributed by atoms with van der Waals surface area (Å²) in [4.78, 5) is 15.3. The molecular weight excluding hydrogens is 420 g/mol. The van der Waals surface area contributed by atoms with Crippen molar-refractivity contribution in [3.05, 3.63) is 65.4 Å². The molecule has 0 saturated carbocycles. The second-order valence-electron chi connectivity index (χ2n) is 8.73. The molecule has 0 unspecified atom stereocenters. The van der Waals surface area contributed by atoms with Gasteiger partial charge in [0.1, 0.15) is 11.6 Å². The molecule has 33 heavy (non-hydrogen) atoms. The van der Waals surface area contributed by atoms with Crippen molar-refractivity contribution in [3.8, 4) is 17.2 Å². The van der Waals surface area contributed by atoms with Gasteiger partial charge in [0.25, 0.3) is 5.91 Å². The van der Waals surface area contributed by atoms with Gasteiger partial charge in [-0.05, 0) is 48.2 Å². The smallest absolute Gasteiger partial charge is 0.256 e. The second kappa shape index (κ2) is 8.44. The van der Waals surface area contributed by atoms with Crippen LogP contribution in [0.5, 0.6) is 17.2 Å². The van der Waals surface area contributed by atoms with E-state index in [4.69, 9.17) is 14.2 Å². The van der Waals surface area contributed by atoms with E-state index in [1.165, 1.54) is 11.1 Å². The zero-order valence-electron chi connectivity index (χ0n) is 18.3. The Kier molecular flexibility index (Phi) is 5.14. The standard InChI is InChI=1S/C25H26N4O4/c30-25(19-2-4-22-23(14-19)33-16-32-22)27-24-5-9-26-29(24)20-6-10-28(11-7-20)15-17-1-3-21-18(13-17)8-12-31-21/h1-5,9,13-14,20H,6-8,10-12,15-16H2,(H,27,30). The van der Waals surface area contributed by atoms with Gasteiger partial charge >= 0.3 is 0 Å². The highest BCUT2D eigenvalue weighted by Crippen LogP contribution is 2.33. The van der Waals surface area contributed by atoms with Crippen molar-refractivity contribution in [3.63, 3.8) is 0 Å². The maximum atomic E-state index is 12.8. The monoisotopic (exact) mass is 446 g/mol. The SMILES string of the molecule is O=C(Nc1ccnn1C1CCN(Cc2ccc3c(c2)CCO3)CC1)c1ccc2c(c1)OCO2. The summed E-state index contributed by atoms with van der Waals surface area (Å²) in [6, 6.07) is 13.9. The molecule has 1 saturated heterocycles. The zero-order valence-corrected chi connectivity index (χ0v) is 18.3. The lowest BCUT2D eigenvalue weighted by Gasteiger charge is -2.32. The van der Waals surface area contributed by atoms with Gasteiger partial charge in [0.2, 0.25) is 6.79 Å². The van der Waals surface area contributed by atoms with Gasteiger partial charge in [-0.1, -0.05) is 12.1 Å². The third-order valence-electron chi connectivity index (χ3n) is 6.61. The number of carbonyl (C=O) groups excluding carboxylic acids is 1. The topological polar surface area (TPSA) is 77.9 Å². The van der Waals surface area contributed by atoms with Crippen LogP contribution in [0.2, 0.25) is 0 Å². The molecule has 8 heteroatoms. The summed E-state index contributed by atoms with van der Waals surface area (Å²) in [5, 5.41) is 7.53. The summed E-state index contributed by atoms with van der Waals surface area (Å²) in [7, 11) is 0. The number of piperidine rings is 1. The van der Waals surface area contributed by atoms with Gasteiger partial charge in [0.05, 0.1) is 18.8 Å². The number of fused-ring (bicyclic) bond motifs is 2. The van der Waals surface area contributed by atoms with Crippen LogP contribution in [-0.2, 0) is 13.0 Å². The van der Waals surface area contributed by atoms with E-state index >= 15 is 0 Å². The van der Waals surface area contributed by atoms with Crippen LogP contribution in [0.25, 0.3) is 0 Å². The van der Waals surface area contributed by atoms with E-state index in [0.29, 0.717) is 17.1 Å². The Balaban J connectivity index is 1.08. The summed E-state index contributed by atoms with van der Waals surface area (Å²) in [5.74, 6) is 2.82. The van der Waals surface area contributed by atoms with Crippen molar-refractivity contribution in [1.29, 1.82) is 0 Å². The van der Waals surface area contributed by atoms with Crippen molar-refractivity contribution >= 4 is 11.7 Å². The molecule has 8 nitrogen and oxygen atoms in total. The molecule has 3 aliphatic rings. The van der Waals surface area contributed by atoms with Crippen LogP contribution >= 0.6 is 0 Å². The molecule has 1 fully saturated rings. The normalized spacial score (nSPS) is 17.6. The van der Waals surface area contributed by atoms with Crippen molar-refractivity contribution in [2.24, 2.45) is 0 Å². The molecule has 0 bridgehead atoms. The fraction of sp³-hybridized carbons (Fsp3) is 0.360. The first-order valence-electron chi connectivity index (χ1n) is 11.4. The highest BCUT2D eigenvalue weighted by molar-refractivity contribution is 6.04. The van der Waals surface area contributed by atoms with Crippen molar-refractivity contribution in [2.45, 2.75) is 31.8 Å². The fourth-order valence-corrected chi connectivity index (χ4v) is 4.85. The highest BCUT2D eigenvalue weighted by atomic mass is 16.7. The Bertz CT molecular complexity index is 1180. The molecule has 1 N–H and O–H groups in total. The third-order valence-corrected chi connectivity index (χ3v) is 6.61. The van der Waals surface area contributed by atoms with Crippen molar-refractivity contribution in [1.82, 2.24) is 14.7 Å². The predicted molar refractivity (Wildman–Crippen MR) is 122 cm³/mol. The zero-order chi connectivity index (χ0) is 22.2. The molecule has 4 heterocycles. The van der Waals surface area contributed by atoms with Crippen molar-refractivity contribution < 1.29 is 19.0 Å². The quantitative estimate of drug-likeness (QED) is 0.645. The van der Waals surface area contributed by atoms with E-state index < -0.39 is 0 Å². The molecule has 3 aliphatic heterocycles. The maximum Gasteiger partial charge on any atom is 0.256 e. The van der Waals surface area contributed by atoms with Crippen LogP contribution in [0.4, 0.5) is 5.82 Å². The van der Waals surface area contributed by atoms with Gasteiger partial charge in [-0.15, -0.1) is 0 Å². The molecule has 0 atom stereocenters. The third kappa shape index (κ3) is 4.02. The Morgan fingerprint density at radius 3 is 2.76 bits per heavy atom. The minimum absolute atomic E-state index is 0.187. The van der Waals surface area contributed by atoms with E-state index in [0.717, 1.165) is 57.1 Å². The van der Waals surface area contributed by atoms with Gasteiger partial charge in [0, 0.05) is 37.7 Å². The molecule has 2 aromatic carbocycles. The number of hydrogen-bond donors (Lipinski definition) is 1.